The minimum absolute atomic E-state index is 0.0348. The van der Waals surface area contributed by atoms with E-state index in [1.165, 1.54) is 0 Å². The van der Waals surface area contributed by atoms with Crippen molar-refractivity contribution in [3.8, 4) is 0 Å². The second-order valence-corrected chi connectivity index (χ2v) is 6.46. The number of rotatable bonds is 8. The highest BCUT2D eigenvalue weighted by Crippen LogP contribution is 2.48. The predicted molar refractivity (Wildman–Crippen MR) is 93.0 cm³/mol. The van der Waals surface area contributed by atoms with Crippen LogP contribution in [0.2, 0.25) is 0 Å². The Bertz CT molecular complexity index is 499. The van der Waals surface area contributed by atoms with Gasteiger partial charge in [0.15, 0.2) is 0 Å². The van der Waals surface area contributed by atoms with Crippen LogP contribution in [0.15, 0.2) is 30.3 Å². The molecule has 0 aromatic heterocycles. The predicted octanol–water partition coefficient (Wildman–Crippen LogP) is 3.18. The molecule has 0 saturated heterocycles. The second kappa shape index (κ2) is 7.93. The van der Waals surface area contributed by atoms with Crippen molar-refractivity contribution in [3.63, 3.8) is 0 Å². The highest BCUT2D eigenvalue weighted by Gasteiger charge is 2.53. The first-order chi connectivity index (χ1) is 11.1. The van der Waals surface area contributed by atoms with Gasteiger partial charge in [-0.25, -0.2) is 0 Å². The van der Waals surface area contributed by atoms with Crippen molar-refractivity contribution < 1.29 is 9.53 Å². The highest BCUT2D eigenvalue weighted by atomic mass is 16.5. The standard InChI is InChI=1S/C19H30N2O2/c1-4-19(5-2)16(13-17(19)23-6-3)21-18(22)12-15(20)14-10-8-7-9-11-14/h7-11,15-17H,4-6,12-13,20H2,1-3H3,(H,21,22). The van der Waals surface area contributed by atoms with Gasteiger partial charge in [0.2, 0.25) is 5.91 Å². The maximum Gasteiger partial charge on any atom is 0.222 e. The number of benzene rings is 1. The van der Waals surface area contributed by atoms with Crippen LogP contribution in [0.1, 0.15) is 58.1 Å². The van der Waals surface area contributed by atoms with E-state index in [9.17, 15) is 4.79 Å². The number of carbonyl (C=O) groups is 1. The number of hydrogen-bond acceptors (Lipinski definition) is 3. The van der Waals surface area contributed by atoms with Crippen LogP contribution >= 0.6 is 0 Å². The third kappa shape index (κ3) is 3.75. The minimum atomic E-state index is -0.253. The number of carbonyl (C=O) groups excluding carboxylic acids is 1. The summed E-state index contributed by atoms with van der Waals surface area (Å²) in [4.78, 5) is 12.4. The highest BCUT2D eigenvalue weighted by molar-refractivity contribution is 5.77. The molecule has 0 heterocycles. The van der Waals surface area contributed by atoms with Crippen LogP contribution in [-0.4, -0.2) is 24.7 Å². The van der Waals surface area contributed by atoms with Gasteiger partial charge in [-0.05, 0) is 31.7 Å². The van der Waals surface area contributed by atoms with Crippen LogP contribution in [0.5, 0.6) is 0 Å². The summed E-state index contributed by atoms with van der Waals surface area (Å²) >= 11 is 0. The first-order valence-electron chi connectivity index (χ1n) is 8.78. The largest absolute Gasteiger partial charge is 0.378 e. The molecule has 0 radical (unpaired) electrons. The van der Waals surface area contributed by atoms with E-state index in [1.807, 2.05) is 37.3 Å². The summed E-state index contributed by atoms with van der Waals surface area (Å²) in [6.07, 6.45) is 3.52. The Kier molecular flexibility index (Phi) is 6.19. The number of amides is 1. The lowest BCUT2D eigenvalue weighted by Crippen LogP contribution is -2.64. The Morgan fingerprint density at radius 2 is 1.96 bits per heavy atom. The van der Waals surface area contributed by atoms with E-state index in [0.29, 0.717) is 6.42 Å². The van der Waals surface area contributed by atoms with Crippen molar-refractivity contribution >= 4 is 5.91 Å². The topological polar surface area (TPSA) is 64.3 Å². The Balaban J connectivity index is 1.92. The van der Waals surface area contributed by atoms with Gasteiger partial charge < -0.3 is 15.8 Å². The monoisotopic (exact) mass is 318 g/mol. The van der Waals surface area contributed by atoms with Crippen molar-refractivity contribution in [2.45, 2.75) is 64.6 Å². The molecule has 3 N–H and O–H groups in total. The number of nitrogens with one attached hydrogen (secondary N) is 1. The van der Waals surface area contributed by atoms with E-state index >= 15 is 0 Å². The molecule has 1 saturated carbocycles. The molecule has 23 heavy (non-hydrogen) atoms. The molecule has 0 bridgehead atoms. The Morgan fingerprint density at radius 1 is 1.30 bits per heavy atom. The number of nitrogens with two attached hydrogens (primary N) is 1. The van der Waals surface area contributed by atoms with Crippen molar-refractivity contribution in [1.82, 2.24) is 5.32 Å². The van der Waals surface area contributed by atoms with Gasteiger partial charge in [0.25, 0.3) is 0 Å². The molecule has 0 aliphatic heterocycles. The van der Waals surface area contributed by atoms with Gasteiger partial charge in [0.05, 0.1) is 6.10 Å². The van der Waals surface area contributed by atoms with Crippen molar-refractivity contribution in [1.29, 1.82) is 0 Å². The average molecular weight is 318 g/mol. The van der Waals surface area contributed by atoms with E-state index in [-0.39, 0.29) is 29.5 Å². The zero-order valence-electron chi connectivity index (χ0n) is 14.5. The SMILES string of the molecule is CCOC1CC(NC(=O)CC(N)c2ccccc2)C1(CC)CC. The zero-order chi connectivity index (χ0) is 16.9. The zero-order valence-corrected chi connectivity index (χ0v) is 14.5. The smallest absolute Gasteiger partial charge is 0.222 e. The van der Waals surface area contributed by atoms with Gasteiger partial charge in [-0.3, -0.25) is 4.79 Å². The molecule has 2 rings (SSSR count). The molecule has 1 aromatic rings. The summed E-state index contributed by atoms with van der Waals surface area (Å²) in [6, 6.07) is 9.73. The lowest BCUT2D eigenvalue weighted by Gasteiger charge is -2.55. The van der Waals surface area contributed by atoms with Gasteiger partial charge >= 0.3 is 0 Å². The maximum atomic E-state index is 12.4. The minimum Gasteiger partial charge on any atom is -0.378 e. The summed E-state index contributed by atoms with van der Waals surface area (Å²) in [5.74, 6) is 0.0348. The third-order valence-corrected chi connectivity index (χ3v) is 5.44. The van der Waals surface area contributed by atoms with Gasteiger partial charge in [-0.15, -0.1) is 0 Å². The lowest BCUT2D eigenvalue weighted by atomic mass is 9.58. The molecule has 4 nitrogen and oxygen atoms in total. The maximum absolute atomic E-state index is 12.4. The summed E-state index contributed by atoms with van der Waals surface area (Å²) < 4.78 is 5.86. The van der Waals surface area contributed by atoms with Crippen LogP contribution in [0.3, 0.4) is 0 Å². The van der Waals surface area contributed by atoms with Crippen LogP contribution in [-0.2, 0) is 9.53 Å². The molecule has 1 aromatic carbocycles. The van der Waals surface area contributed by atoms with E-state index in [1.54, 1.807) is 0 Å². The number of hydrogen-bond donors (Lipinski definition) is 2. The quantitative estimate of drug-likeness (QED) is 0.774. The normalized spacial score (nSPS) is 23.8. The van der Waals surface area contributed by atoms with Crippen LogP contribution < -0.4 is 11.1 Å². The summed E-state index contributed by atoms with van der Waals surface area (Å²) in [6.45, 7) is 7.12. The van der Waals surface area contributed by atoms with Crippen molar-refractivity contribution in [2.24, 2.45) is 11.1 Å². The molecular formula is C19H30N2O2. The first-order valence-corrected chi connectivity index (χ1v) is 8.78. The van der Waals surface area contributed by atoms with Crippen LogP contribution in [0.25, 0.3) is 0 Å². The van der Waals surface area contributed by atoms with E-state index in [2.05, 4.69) is 19.2 Å². The van der Waals surface area contributed by atoms with E-state index in [0.717, 1.165) is 31.4 Å². The van der Waals surface area contributed by atoms with Crippen LogP contribution in [0.4, 0.5) is 0 Å². The Morgan fingerprint density at radius 3 is 2.52 bits per heavy atom. The van der Waals surface area contributed by atoms with Gasteiger partial charge in [-0.2, -0.15) is 0 Å². The Hall–Kier alpha value is -1.39. The molecule has 4 heteroatoms. The van der Waals surface area contributed by atoms with Gasteiger partial charge in [-0.1, -0.05) is 44.2 Å². The van der Waals surface area contributed by atoms with Gasteiger partial charge in [0.1, 0.15) is 0 Å². The molecule has 3 unspecified atom stereocenters. The lowest BCUT2D eigenvalue weighted by molar-refractivity contribution is -0.148. The molecule has 0 spiro atoms. The summed E-state index contributed by atoms with van der Waals surface area (Å²) in [7, 11) is 0. The number of ether oxygens (including phenoxy) is 1. The van der Waals surface area contributed by atoms with Crippen molar-refractivity contribution in [3.05, 3.63) is 35.9 Å². The molecule has 1 amide bonds. The first kappa shape index (κ1) is 18.0. The van der Waals surface area contributed by atoms with Crippen LogP contribution in [0, 0.1) is 5.41 Å². The van der Waals surface area contributed by atoms with E-state index in [4.69, 9.17) is 10.5 Å². The Labute approximate surface area is 139 Å². The molecule has 1 aliphatic carbocycles. The molecule has 1 fully saturated rings. The fraction of sp³-hybridized carbons (Fsp3) is 0.632. The van der Waals surface area contributed by atoms with E-state index < -0.39 is 0 Å². The molecule has 1 aliphatic rings. The van der Waals surface area contributed by atoms with Crippen molar-refractivity contribution in [2.75, 3.05) is 6.61 Å². The summed E-state index contributed by atoms with van der Waals surface area (Å²) in [5, 5.41) is 3.20. The average Bonchev–Trinajstić information content (AvgIpc) is 2.56. The third-order valence-electron chi connectivity index (χ3n) is 5.44. The molecular weight excluding hydrogens is 288 g/mol. The second-order valence-electron chi connectivity index (χ2n) is 6.46. The van der Waals surface area contributed by atoms with Gasteiger partial charge in [0, 0.05) is 30.5 Å². The molecule has 3 atom stereocenters. The molecule has 128 valence electrons. The fourth-order valence-electron chi connectivity index (χ4n) is 3.85. The fourth-order valence-corrected chi connectivity index (χ4v) is 3.85. The summed E-state index contributed by atoms with van der Waals surface area (Å²) in [5.41, 5.74) is 7.23.